The first-order valence-corrected chi connectivity index (χ1v) is 9.04. The van der Waals surface area contributed by atoms with Crippen LogP contribution >= 0.6 is 23.2 Å². The Bertz CT molecular complexity index is 1090. The molecule has 0 unspecified atom stereocenters. The van der Waals surface area contributed by atoms with Crippen molar-refractivity contribution in [1.82, 2.24) is 14.5 Å². The van der Waals surface area contributed by atoms with Crippen molar-refractivity contribution in [3.05, 3.63) is 63.7 Å². The fourth-order valence-electron chi connectivity index (χ4n) is 3.33. The van der Waals surface area contributed by atoms with Gasteiger partial charge < -0.3 is 5.11 Å². The summed E-state index contributed by atoms with van der Waals surface area (Å²) < 4.78 is 1.21. The predicted octanol–water partition coefficient (Wildman–Crippen LogP) is 5.93. The number of carboxylic acid groups (broad SMARTS) is 1. The SMILES string of the molecule is C=C(c1ccc(Cl)nc1C)c1c(C(C)(C)C)n(C(=O)O)c2ncc(Cl)cc12. The molecule has 0 aliphatic heterocycles. The van der Waals surface area contributed by atoms with E-state index in [4.69, 9.17) is 23.2 Å². The van der Waals surface area contributed by atoms with Crippen LogP contribution in [-0.2, 0) is 5.41 Å². The van der Waals surface area contributed by atoms with Crippen LogP contribution in [0.1, 0.15) is 43.3 Å². The molecule has 0 aliphatic carbocycles. The van der Waals surface area contributed by atoms with E-state index in [1.54, 1.807) is 12.1 Å². The lowest BCUT2D eigenvalue weighted by molar-refractivity contribution is 0.195. The highest BCUT2D eigenvalue weighted by molar-refractivity contribution is 6.31. The highest BCUT2D eigenvalue weighted by atomic mass is 35.5. The minimum absolute atomic E-state index is 0.326. The molecule has 3 aromatic heterocycles. The molecule has 3 rings (SSSR count). The van der Waals surface area contributed by atoms with Crippen LogP contribution in [0.25, 0.3) is 16.6 Å². The Labute approximate surface area is 167 Å². The Kier molecular flexibility index (Phi) is 4.78. The second-order valence-corrected chi connectivity index (χ2v) is 8.19. The van der Waals surface area contributed by atoms with E-state index in [1.807, 2.05) is 33.8 Å². The molecule has 5 nitrogen and oxygen atoms in total. The standard InChI is InChI=1S/C20H19Cl2N3O2/c1-10(13-6-7-15(22)24-11(13)2)16-14-8-12(21)9-23-18(14)25(19(26)27)17(16)20(3,4)5/h6-9H,1H2,2-5H3,(H,26,27). The number of halogens is 2. The number of fused-ring (bicyclic) bond motifs is 1. The van der Waals surface area contributed by atoms with E-state index >= 15 is 0 Å². The molecule has 7 heteroatoms. The van der Waals surface area contributed by atoms with Gasteiger partial charge in [-0.1, -0.05) is 50.6 Å². The molecule has 0 fully saturated rings. The third-order valence-corrected chi connectivity index (χ3v) is 4.77. The van der Waals surface area contributed by atoms with Crippen molar-refractivity contribution in [3.8, 4) is 0 Å². The summed E-state index contributed by atoms with van der Waals surface area (Å²) in [5.41, 5.74) is 3.27. The van der Waals surface area contributed by atoms with Crippen molar-refractivity contribution in [2.75, 3.05) is 0 Å². The van der Waals surface area contributed by atoms with Gasteiger partial charge in [0.25, 0.3) is 0 Å². The van der Waals surface area contributed by atoms with E-state index in [-0.39, 0.29) is 0 Å². The van der Waals surface area contributed by atoms with E-state index in [2.05, 4.69) is 16.5 Å². The van der Waals surface area contributed by atoms with Gasteiger partial charge >= 0.3 is 6.09 Å². The second-order valence-electron chi connectivity index (χ2n) is 7.36. The molecule has 1 N–H and O–H groups in total. The zero-order chi connectivity index (χ0) is 20.1. The molecule has 140 valence electrons. The lowest BCUT2D eigenvalue weighted by Gasteiger charge is -2.23. The van der Waals surface area contributed by atoms with Crippen molar-refractivity contribution >= 4 is 45.9 Å². The number of rotatable bonds is 2. The molecule has 0 aliphatic rings. The summed E-state index contributed by atoms with van der Waals surface area (Å²) in [5.74, 6) is 0. The van der Waals surface area contributed by atoms with Gasteiger partial charge in [0.2, 0.25) is 0 Å². The lowest BCUT2D eigenvalue weighted by Crippen LogP contribution is -2.23. The Hall–Kier alpha value is -2.37. The van der Waals surface area contributed by atoms with Crippen LogP contribution in [0.5, 0.6) is 0 Å². The van der Waals surface area contributed by atoms with Crippen LogP contribution in [0, 0.1) is 6.92 Å². The highest BCUT2D eigenvalue weighted by Crippen LogP contribution is 2.40. The molecule has 0 aromatic carbocycles. The van der Waals surface area contributed by atoms with Crippen molar-refractivity contribution < 1.29 is 9.90 Å². The zero-order valence-electron chi connectivity index (χ0n) is 15.5. The van der Waals surface area contributed by atoms with Gasteiger partial charge in [-0.2, -0.15) is 0 Å². The average molecular weight is 404 g/mol. The summed E-state index contributed by atoms with van der Waals surface area (Å²) in [6, 6.07) is 5.24. The van der Waals surface area contributed by atoms with Gasteiger partial charge in [0, 0.05) is 39.5 Å². The third-order valence-electron chi connectivity index (χ3n) is 4.36. The van der Waals surface area contributed by atoms with E-state index < -0.39 is 11.5 Å². The molecule has 27 heavy (non-hydrogen) atoms. The maximum Gasteiger partial charge on any atom is 0.417 e. The van der Waals surface area contributed by atoms with Crippen molar-refractivity contribution in [2.45, 2.75) is 33.1 Å². The molecule has 0 saturated carbocycles. The molecule has 0 saturated heterocycles. The van der Waals surface area contributed by atoms with Gasteiger partial charge in [-0.25, -0.2) is 19.3 Å². The molecule has 0 radical (unpaired) electrons. The maximum atomic E-state index is 12.1. The summed E-state index contributed by atoms with van der Waals surface area (Å²) >= 11 is 12.2. The quantitative estimate of drug-likeness (QED) is 0.538. The van der Waals surface area contributed by atoms with Gasteiger partial charge in [0.1, 0.15) is 10.8 Å². The Morgan fingerprint density at radius 3 is 2.48 bits per heavy atom. The van der Waals surface area contributed by atoms with Crippen LogP contribution in [0.2, 0.25) is 10.2 Å². The summed E-state index contributed by atoms with van der Waals surface area (Å²) in [7, 11) is 0. The highest BCUT2D eigenvalue weighted by Gasteiger charge is 2.32. The monoisotopic (exact) mass is 403 g/mol. The second kappa shape index (κ2) is 6.66. The summed E-state index contributed by atoms with van der Waals surface area (Å²) in [6.07, 6.45) is 0.335. The Morgan fingerprint density at radius 2 is 1.93 bits per heavy atom. The summed E-state index contributed by atoms with van der Waals surface area (Å²) in [4.78, 5) is 20.7. The Balaban J connectivity index is 2.45. The van der Waals surface area contributed by atoms with Crippen molar-refractivity contribution in [3.63, 3.8) is 0 Å². The van der Waals surface area contributed by atoms with Gasteiger partial charge in [0.15, 0.2) is 0 Å². The number of hydrogen-bond acceptors (Lipinski definition) is 3. The molecule has 3 heterocycles. The van der Waals surface area contributed by atoms with Gasteiger partial charge in [-0.05, 0) is 30.7 Å². The number of nitrogens with zero attached hydrogens (tertiary/aromatic N) is 3. The third kappa shape index (κ3) is 3.33. The normalized spacial score (nSPS) is 11.8. The van der Waals surface area contributed by atoms with Crippen molar-refractivity contribution in [2.24, 2.45) is 0 Å². The van der Waals surface area contributed by atoms with E-state index in [9.17, 15) is 9.90 Å². The first-order chi connectivity index (χ1) is 12.5. The zero-order valence-corrected chi connectivity index (χ0v) is 17.0. The molecular formula is C20H19Cl2N3O2. The molecule has 0 amide bonds. The first kappa shape index (κ1) is 19.4. The minimum atomic E-state index is -1.11. The van der Waals surface area contributed by atoms with Crippen LogP contribution in [0.15, 0.2) is 31.0 Å². The van der Waals surface area contributed by atoms with E-state index in [0.717, 1.165) is 5.56 Å². The topological polar surface area (TPSA) is 68.0 Å². The minimum Gasteiger partial charge on any atom is -0.464 e. The molecule has 0 atom stereocenters. The molecule has 3 aromatic rings. The van der Waals surface area contributed by atoms with E-state index in [0.29, 0.717) is 43.7 Å². The van der Waals surface area contributed by atoms with Crippen LogP contribution < -0.4 is 0 Å². The smallest absolute Gasteiger partial charge is 0.417 e. The average Bonchev–Trinajstić information content (AvgIpc) is 2.88. The number of aromatic nitrogens is 3. The van der Waals surface area contributed by atoms with Crippen LogP contribution in [0.3, 0.4) is 0 Å². The van der Waals surface area contributed by atoms with Gasteiger partial charge in [-0.3, -0.25) is 0 Å². The number of pyridine rings is 2. The van der Waals surface area contributed by atoms with Crippen LogP contribution in [-0.4, -0.2) is 25.7 Å². The summed E-state index contributed by atoms with van der Waals surface area (Å²) in [5, 5.41) is 11.3. The number of carbonyl (C=O) groups is 1. The van der Waals surface area contributed by atoms with E-state index in [1.165, 1.54) is 10.8 Å². The van der Waals surface area contributed by atoms with Crippen LogP contribution in [0.4, 0.5) is 4.79 Å². The summed E-state index contributed by atoms with van der Waals surface area (Å²) in [6.45, 7) is 11.9. The first-order valence-electron chi connectivity index (χ1n) is 8.29. The van der Waals surface area contributed by atoms with Crippen molar-refractivity contribution in [1.29, 1.82) is 0 Å². The molecular weight excluding hydrogens is 385 g/mol. The molecule has 0 bridgehead atoms. The predicted molar refractivity (Wildman–Crippen MR) is 109 cm³/mol. The van der Waals surface area contributed by atoms with Gasteiger partial charge in [0.05, 0.1) is 5.02 Å². The Morgan fingerprint density at radius 1 is 1.26 bits per heavy atom. The fourth-order valence-corrected chi connectivity index (χ4v) is 3.67. The largest absolute Gasteiger partial charge is 0.464 e. The number of aryl methyl sites for hydroxylation is 1. The lowest BCUT2D eigenvalue weighted by atomic mass is 9.84. The fraction of sp³-hybridized carbons (Fsp3) is 0.250. The molecule has 0 spiro atoms. The van der Waals surface area contributed by atoms with Gasteiger partial charge in [-0.15, -0.1) is 0 Å². The maximum absolute atomic E-state index is 12.1. The number of hydrogen-bond donors (Lipinski definition) is 1.